The van der Waals surface area contributed by atoms with Crippen LogP contribution in [0.15, 0.2) is 18.2 Å². The van der Waals surface area contributed by atoms with Crippen molar-refractivity contribution in [2.24, 2.45) is 0 Å². The molecular weight excluding hydrogens is 315 g/mol. The lowest BCUT2D eigenvalue weighted by atomic mass is 10.3. The Balaban J connectivity index is 2.48. The van der Waals surface area contributed by atoms with Gasteiger partial charge in [0.15, 0.2) is 0 Å². The van der Waals surface area contributed by atoms with Crippen molar-refractivity contribution in [2.75, 3.05) is 32.1 Å². The lowest BCUT2D eigenvalue weighted by Crippen LogP contribution is -2.34. The number of anilines is 1. The molecule has 0 spiro atoms. The van der Waals surface area contributed by atoms with Crippen molar-refractivity contribution in [2.45, 2.75) is 13.3 Å². The highest BCUT2D eigenvalue weighted by Crippen LogP contribution is 2.24. The fraction of sp³-hybridized carbons (Fsp3) is 0.429. The van der Waals surface area contributed by atoms with Crippen LogP contribution in [0.25, 0.3) is 0 Å². The molecule has 0 heterocycles. The van der Waals surface area contributed by atoms with Gasteiger partial charge in [0.2, 0.25) is 11.8 Å². The first-order valence-corrected chi connectivity index (χ1v) is 7.19. The third-order valence-corrected chi connectivity index (χ3v) is 3.56. The van der Waals surface area contributed by atoms with Gasteiger partial charge in [-0.3, -0.25) is 9.59 Å². The highest BCUT2D eigenvalue weighted by molar-refractivity contribution is 6.42. The minimum absolute atomic E-state index is 0.0885. The Morgan fingerprint density at radius 2 is 1.95 bits per heavy atom. The summed E-state index contributed by atoms with van der Waals surface area (Å²) in [4.78, 5) is 24.8. The molecule has 7 heteroatoms. The summed E-state index contributed by atoms with van der Waals surface area (Å²) in [5.41, 5.74) is 0.570. The van der Waals surface area contributed by atoms with E-state index in [1.807, 2.05) is 0 Å². The monoisotopic (exact) mass is 332 g/mol. The van der Waals surface area contributed by atoms with Gasteiger partial charge in [-0.1, -0.05) is 23.2 Å². The second kappa shape index (κ2) is 8.87. The Bertz CT molecular complexity index is 509. The third-order valence-electron chi connectivity index (χ3n) is 2.82. The van der Waals surface area contributed by atoms with Crippen molar-refractivity contribution >= 4 is 40.7 Å². The molecule has 1 rings (SSSR count). The summed E-state index contributed by atoms with van der Waals surface area (Å²) in [5, 5.41) is 3.51. The number of methoxy groups -OCH3 is 1. The normalized spacial score (nSPS) is 10.3. The van der Waals surface area contributed by atoms with Gasteiger partial charge in [0.05, 0.1) is 16.7 Å². The maximum Gasteiger partial charge on any atom is 0.226 e. The zero-order valence-corrected chi connectivity index (χ0v) is 13.5. The minimum Gasteiger partial charge on any atom is -0.383 e. The fourth-order valence-electron chi connectivity index (χ4n) is 1.66. The highest BCUT2D eigenvalue weighted by Gasteiger charge is 2.11. The summed E-state index contributed by atoms with van der Waals surface area (Å²) in [5.74, 6) is -0.286. The molecule has 0 aromatic heterocycles. The maximum absolute atomic E-state index is 11.9. The van der Waals surface area contributed by atoms with Crippen molar-refractivity contribution < 1.29 is 14.3 Å². The highest BCUT2D eigenvalue weighted by atomic mass is 35.5. The molecule has 0 unspecified atom stereocenters. The molecule has 1 aromatic carbocycles. The van der Waals surface area contributed by atoms with Crippen LogP contribution < -0.4 is 5.32 Å². The molecule has 0 atom stereocenters. The van der Waals surface area contributed by atoms with Crippen molar-refractivity contribution in [1.82, 2.24) is 4.90 Å². The van der Waals surface area contributed by atoms with Gasteiger partial charge in [-0.05, 0) is 18.2 Å². The Hall–Kier alpha value is -1.30. The molecule has 116 valence electrons. The van der Waals surface area contributed by atoms with Crippen LogP contribution in [0.1, 0.15) is 13.3 Å². The number of carbonyl (C=O) groups excluding carboxylic acids is 2. The third kappa shape index (κ3) is 6.33. The van der Waals surface area contributed by atoms with E-state index in [1.165, 1.54) is 6.92 Å². The van der Waals surface area contributed by atoms with Crippen molar-refractivity contribution in [3.05, 3.63) is 28.2 Å². The first-order valence-electron chi connectivity index (χ1n) is 6.43. The molecule has 0 radical (unpaired) electrons. The molecule has 5 nitrogen and oxygen atoms in total. The lowest BCUT2D eigenvalue weighted by molar-refractivity contribution is -0.130. The zero-order valence-electron chi connectivity index (χ0n) is 12.0. The van der Waals surface area contributed by atoms with Gasteiger partial charge in [0.1, 0.15) is 0 Å². The van der Waals surface area contributed by atoms with Gasteiger partial charge in [-0.25, -0.2) is 0 Å². The summed E-state index contributed by atoms with van der Waals surface area (Å²) in [6, 6.07) is 4.86. The number of ether oxygens (including phenoxy) is 1. The fourth-order valence-corrected chi connectivity index (χ4v) is 1.96. The predicted octanol–water partition coefficient (Wildman–Crippen LogP) is 2.82. The van der Waals surface area contributed by atoms with E-state index in [0.29, 0.717) is 35.4 Å². The van der Waals surface area contributed by atoms with E-state index >= 15 is 0 Å². The average molecular weight is 333 g/mol. The summed E-state index contributed by atoms with van der Waals surface area (Å²) in [6.07, 6.45) is 0.198. The van der Waals surface area contributed by atoms with Crippen molar-refractivity contribution in [3.8, 4) is 0 Å². The quantitative estimate of drug-likeness (QED) is 0.835. The van der Waals surface area contributed by atoms with Crippen LogP contribution in [0, 0.1) is 0 Å². The molecule has 21 heavy (non-hydrogen) atoms. The molecule has 1 aromatic rings. The van der Waals surface area contributed by atoms with Crippen LogP contribution in [0.5, 0.6) is 0 Å². The molecule has 0 aliphatic heterocycles. The standard InChI is InChI=1S/C14H18Cl2N2O3/c1-10(19)18(7-8-21-2)6-5-14(20)17-11-3-4-12(15)13(16)9-11/h3-4,9H,5-8H2,1-2H3,(H,17,20). The van der Waals surface area contributed by atoms with E-state index in [4.69, 9.17) is 27.9 Å². The Labute approximate surface area is 134 Å². The van der Waals surface area contributed by atoms with Crippen LogP contribution in [0.4, 0.5) is 5.69 Å². The molecule has 0 saturated carbocycles. The number of nitrogens with zero attached hydrogens (tertiary/aromatic N) is 1. The second-order valence-electron chi connectivity index (χ2n) is 4.43. The number of rotatable bonds is 7. The molecular formula is C14H18Cl2N2O3. The molecule has 0 bridgehead atoms. The van der Waals surface area contributed by atoms with Gasteiger partial charge in [-0.2, -0.15) is 0 Å². The van der Waals surface area contributed by atoms with E-state index in [1.54, 1.807) is 30.2 Å². The zero-order chi connectivity index (χ0) is 15.8. The second-order valence-corrected chi connectivity index (χ2v) is 5.24. The smallest absolute Gasteiger partial charge is 0.226 e. The summed E-state index contributed by atoms with van der Waals surface area (Å²) in [6.45, 7) is 2.71. The molecule has 0 saturated heterocycles. The van der Waals surface area contributed by atoms with Crippen LogP contribution in [-0.4, -0.2) is 43.5 Å². The lowest BCUT2D eigenvalue weighted by Gasteiger charge is -2.20. The number of benzene rings is 1. The molecule has 1 N–H and O–H groups in total. The van der Waals surface area contributed by atoms with E-state index < -0.39 is 0 Å². The Kier molecular flexibility index (Phi) is 7.50. The van der Waals surface area contributed by atoms with Gasteiger partial charge >= 0.3 is 0 Å². The van der Waals surface area contributed by atoms with Crippen LogP contribution >= 0.6 is 23.2 Å². The summed E-state index contributed by atoms with van der Waals surface area (Å²) < 4.78 is 4.93. The van der Waals surface area contributed by atoms with E-state index in [0.717, 1.165) is 0 Å². The van der Waals surface area contributed by atoms with Crippen LogP contribution in [0.3, 0.4) is 0 Å². The first kappa shape index (κ1) is 17.8. The van der Waals surface area contributed by atoms with Gasteiger partial charge in [0, 0.05) is 39.2 Å². The van der Waals surface area contributed by atoms with Gasteiger partial charge < -0.3 is 15.0 Å². The summed E-state index contributed by atoms with van der Waals surface area (Å²) in [7, 11) is 1.56. The van der Waals surface area contributed by atoms with Crippen molar-refractivity contribution in [3.63, 3.8) is 0 Å². The van der Waals surface area contributed by atoms with E-state index in [9.17, 15) is 9.59 Å². The number of halogens is 2. The molecule has 2 amide bonds. The van der Waals surface area contributed by atoms with Crippen LogP contribution in [0.2, 0.25) is 10.0 Å². The molecule has 0 fully saturated rings. The topological polar surface area (TPSA) is 58.6 Å². The molecule has 0 aliphatic carbocycles. The SMILES string of the molecule is COCCN(CCC(=O)Nc1ccc(Cl)c(Cl)c1)C(C)=O. The van der Waals surface area contributed by atoms with Crippen molar-refractivity contribution in [1.29, 1.82) is 0 Å². The molecule has 0 aliphatic rings. The minimum atomic E-state index is -0.197. The first-order chi connectivity index (χ1) is 9.93. The maximum atomic E-state index is 11.9. The average Bonchev–Trinajstić information content (AvgIpc) is 2.42. The Morgan fingerprint density at radius 1 is 1.24 bits per heavy atom. The number of amides is 2. The number of nitrogens with one attached hydrogen (secondary N) is 1. The Morgan fingerprint density at radius 3 is 2.52 bits per heavy atom. The van der Waals surface area contributed by atoms with Crippen LogP contribution in [-0.2, 0) is 14.3 Å². The van der Waals surface area contributed by atoms with Gasteiger partial charge in [-0.15, -0.1) is 0 Å². The van der Waals surface area contributed by atoms with E-state index in [2.05, 4.69) is 5.32 Å². The summed E-state index contributed by atoms with van der Waals surface area (Å²) >= 11 is 11.7. The largest absolute Gasteiger partial charge is 0.383 e. The van der Waals surface area contributed by atoms with E-state index in [-0.39, 0.29) is 18.2 Å². The number of hydrogen-bond donors (Lipinski definition) is 1. The number of hydrogen-bond acceptors (Lipinski definition) is 3. The predicted molar refractivity (Wildman–Crippen MR) is 83.8 cm³/mol. The number of carbonyl (C=O) groups is 2. The van der Waals surface area contributed by atoms with Gasteiger partial charge in [0.25, 0.3) is 0 Å².